The molecule has 2 fully saturated rings. The van der Waals surface area contributed by atoms with Gasteiger partial charge in [0.05, 0.1) is 6.54 Å². The fraction of sp³-hybridized carbons (Fsp3) is 0.625. The average Bonchev–Trinajstić information content (AvgIpc) is 3.22. The van der Waals surface area contributed by atoms with Crippen molar-refractivity contribution >= 4 is 22.5 Å². The number of fused-ring (bicyclic) bond motifs is 1. The van der Waals surface area contributed by atoms with E-state index in [1.807, 2.05) is 25.9 Å². The monoisotopic (exact) mass is 345 g/mol. The van der Waals surface area contributed by atoms with Crippen LogP contribution in [0.3, 0.4) is 0 Å². The zero-order chi connectivity index (χ0) is 16.7. The minimum Gasteiger partial charge on any atom is -0.356 e. The van der Waals surface area contributed by atoms with E-state index < -0.39 is 0 Å². The number of hydrogen-bond acceptors (Lipinski definition) is 8. The van der Waals surface area contributed by atoms with E-state index in [0.29, 0.717) is 11.8 Å². The van der Waals surface area contributed by atoms with Crippen molar-refractivity contribution in [3.63, 3.8) is 0 Å². The van der Waals surface area contributed by atoms with Crippen molar-refractivity contribution in [2.45, 2.75) is 13.5 Å². The summed E-state index contributed by atoms with van der Waals surface area (Å²) >= 11 is 1.48. The van der Waals surface area contributed by atoms with Gasteiger partial charge in [0.15, 0.2) is 5.82 Å². The van der Waals surface area contributed by atoms with Crippen LogP contribution in [0.1, 0.15) is 11.5 Å². The Morgan fingerprint density at radius 1 is 1.17 bits per heavy atom. The summed E-state index contributed by atoms with van der Waals surface area (Å²) < 4.78 is 4.49. The van der Waals surface area contributed by atoms with Gasteiger partial charge >= 0.3 is 0 Å². The van der Waals surface area contributed by atoms with Gasteiger partial charge in [-0.2, -0.15) is 4.37 Å². The molecule has 0 aliphatic carbocycles. The lowest BCUT2D eigenvalue weighted by molar-refractivity contribution is 0.302. The van der Waals surface area contributed by atoms with E-state index in [-0.39, 0.29) is 0 Å². The number of likely N-dealkylation sites (tertiary alicyclic amines) is 1. The molecule has 128 valence electrons. The average molecular weight is 345 g/mol. The van der Waals surface area contributed by atoms with Crippen LogP contribution < -0.4 is 9.80 Å². The second kappa shape index (κ2) is 6.25. The quantitative estimate of drug-likeness (QED) is 0.827. The van der Waals surface area contributed by atoms with Gasteiger partial charge < -0.3 is 9.80 Å². The molecule has 2 aliphatic heterocycles. The molecule has 4 rings (SSSR count). The van der Waals surface area contributed by atoms with Gasteiger partial charge in [0.2, 0.25) is 5.13 Å². The minimum absolute atomic E-state index is 0.715. The SMILES string of the molecule is Cc1cc(N2CC3CN(Cc4nsc(N(C)C)n4)CC3C2)ncn1. The van der Waals surface area contributed by atoms with Gasteiger partial charge in [0.1, 0.15) is 12.1 Å². The highest BCUT2D eigenvalue weighted by Crippen LogP contribution is 2.33. The van der Waals surface area contributed by atoms with Crippen molar-refractivity contribution in [1.29, 1.82) is 0 Å². The topological polar surface area (TPSA) is 61.3 Å². The molecular formula is C16H23N7S. The van der Waals surface area contributed by atoms with Crippen LogP contribution in [0.5, 0.6) is 0 Å². The molecule has 8 heteroatoms. The van der Waals surface area contributed by atoms with Crippen molar-refractivity contribution in [1.82, 2.24) is 24.2 Å². The van der Waals surface area contributed by atoms with Crippen LogP contribution >= 0.6 is 11.5 Å². The van der Waals surface area contributed by atoms with Crippen molar-refractivity contribution in [2.24, 2.45) is 11.8 Å². The number of anilines is 2. The van der Waals surface area contributed by atoms with E-state index in [4.69, 9.17) is 0 Å². The molecule has 0 bridgehead atoms. The summed E-state index contributed by atoms with van der Waals surface area (Å²) in [7, 11) is 4.02. The second-order valence-electron chi connectivity index (χ2n) is 7.02. The zero-order valence-corrected chi connectivity index (χ0v) is 15.2. The summed E-state index contributed by atoms with van der Waals surface area (Å²) in [5.74, 6) is 3.45. The van der Waals surface area contributed by atoms with E-state index in [1.165, 1.54) is 11.5 Å². The Morgan fingerprint density at radius 2 is 1.92 bits per heavy atom. The zero-order valence-electron chi connectivity index (χ0n) is 14.4. The Bertz CT molecular complexity index is 702. The molecule has 2 aromatic heterocycles. The molecule has 0 amide bonds. The second-order valence-corrected chi connectivity index (χ2v) is 7.75. The predicted molar refractivity (Wildman–Crippen MR) is 95.5 cm³/mol. The van der Waals surface area contributed by atoms with Crippen LogP contribution in [0.15, 0.2) is 12.4 Å². The summed E-state index contributed by atoms with van der Waals surface area (Å²) in [6, 6.07) is 2.08. The molecule has 0 aromatic carbocycles. The Hall–Kier alpha value is -1.80. The van der Waals surface area contributed by atoms with Crippen LogP contribution in [0, 0.1) is 18.8 Å². The van der Waals surface area contributed by atoms with E-state index in [1.54, 1.807) is 6.33 Å². The molecule has 0 N–H and O–H groups in total. The summed E-state index contributed by atoms with van der Waals surface area (Å²) in [6.07, 6.45) is 1.67. The smallest absolute Gasteiger partial charge is 0.204 e. The van der Waals surface area contributed by atoms with E-state index >= 15 is 0 Å². The van der Waals surface area contributed by atoms with Gasteiger partial charge in [-0.3, -0.25) is 4.90 Å². The first-order valence-electron chi connectivity index (χ1n) is 8.34. The molecule has 2 saturated heterocycles. The van der Waals surface area contributed by atoms with Gasteiger partial charge in [-0.15, -0.1) is 0 Å². The molecule has 0 saturated carbocycles. The molecule has 2 aromatic rings. The molecule has 7 nitrogen and oxygen atoms in total. The summed E-state index contributed by atoms with van der Waals surface area (Å²) in [6.45, 7) is 7.32. The Morgan fingerprint density at radius 3 is 2.54 bits per heavy atom. The molecule has 4 heterocycles. The minimum atomic E-state index is 0.715. The lowest BCUT2D eigenvalue weighted by Gasteiger charge is -2.21. The van der Waals surface area contributed by atoms with Crippen molar-refractivity contribution in [3.8, 4) is 0 Å². The maximum atomic E-state index is 4.60. The van der Waals surface area contributed by atoms with Gasteiger partial charge in [-0.1, -0.05) is 0 Å². The molecular weight excluding hydrogens is 322 g/mol. The largest absolute Gasteiger partial charge is 0.356 e. The van der Waals surface area contributed by atoms with Crippen LogP contribution in [-0.4, -0.2) is 64.5 Å². The fourth-order valence-electron chi connectivity index (χ4n) is 3.71. The third-order valence-corrected chi connectivity index (χ3v) is 5.80. The molecule has 2 atom stereocenters. The third kappa shape index (κ3) is 3.08. The first kappa shape index (κ1) is 15.7. The van der Waals surface area contributed by atoms with Gasteiger partial charge in [-0.05, 0) is 18.8 Å². The number of aromatic nitrogens is 4. The first-order chi connectivity index (χ1) is 11.6. The number of nitrogens with zero attached hydrogens (tertiary/aromatic N) is 7. The summed E-state index contributed by atoms with van der Waals surface area (Å²) in [4.78, 5) is 20.2. The molecule has 0 spiro atoms. The number of hydrogen-bond donors (Lipinski definition) is 0. The first-order valence-corrected chi connectivity index (χ1v) is 9.11. The highest BCUT2D eigenvalue weighted by atomic mass is 32.1. The van der Waals surface area contributed by atoms with Crippen LogP contribution in [0.2, 0.25) is 0 Å². The van der Waals surface area contributed by atoms with Crippen molar-refractivity contribution in [3.05, 3.63) is 23.9 Å². The molecule has 2 aliphatic rings. The van der Waals surface area contributed by atoms with Gasteiger partial charge in [0.25, 0.3) is 0 Å². The normalized spacial score (nSPS) is 23.7. The van der Waals surface area contributed by atoms with Crippen LogP contribution in [-0.2, 0) is 6.54 Å². The third-order valence-electron chi connectivity index (χ3n) is 4.88. The highest BCUT2D eigenvalue weighted by molar-refractivity contribution is 7.09. The number of aryl methyl sites for hydroxylation is 1. The van der Waals surface area contributed by atoms with Crippen LogP contribution in [0.25, 0.3) is 0 Å². The van der Waals surface area contributed by atoms with Crippen molar-refractivity contribution < 1.29 is 0 Å². The molecule has 24 heavy (non-hydrogen) atoms. The Kier molecular flexibility index (Phi) is 4.09. The lowest BCUT2D eigenvalue weighted by Crippen LogP contribution is -2.29. The summed E-state index contributed by atoms with van der Waals surface area (Å²) in [5.41, 5.74) is 1.03. The number of rotatable bonds is 4. The van der Waals surface area contributed by atoms with Crippen molar-refractivity contribution in [2.75, 3.05) is 50.1 Å². The Labute approximate surface area is 146 Å². The molecule has 2 unspecified atom stereocenters. The van der Waals surface area contributed by atoms with Gasteiger partial charge in [-0.25, -0.2) is 15.0 Å². The van der Waals surface area contributed by atoms with E-state index in [2.05, 4.69) is 35.2 Å². The lowest BCUT2D eigenvalue weighted by atomic mass is 10.0. The maximum absolute atomic E-state index is 4.60. The van der Waals surface area contributed by atoms with Gasteiger partial charge in [0, 0.05) is 63.6 Å². The van der Waals surface area contributed by atoms with E-state index in [9.17, 15) is 0 Å². The summed E-state index contributed by atoms with van der Waals surface area (Å²) in [5, 5.41) is 0.981. The molecule has 0 radical (unpaired) electrons. The Balaban J connectivity index is 1.35. The fourth-order valence-corrected chi connectivity index (χ4v) is 4.31. The van der Waals surface area contributed by atoms with Crippen LogP contribution in [0.4, 0.5) is 10.9 Å². The predicted octanol–water partition coefficient (Wildman–Crippen LogP) is 1.27. The maximum Gasteiger partial charge on any atom is 0.204 e. The van der Waals surface area contributed by atoms with E-state index in [0.717, 1.165) is 55.2 Å². The standard InChI is InChI=1S/C16H23N7S/c1-11-4-15(18-10-17-11)23-7-12-5-22(6-13(12)8-23)9-14-19-16(21(2)3)24-20-14/h4,10,12-13H,5-9H2,1-3H3. The highest BCUT2D eigenvalue weighted by Gasteiger charge is 2.40.